The zero-order chi connectivity index (χ0) is 11.4. The van der Waals surface area contributed by atoms with E-state index in [2.05, 4.69) is 64.6 Å². The third-order valence-corrected chi connectivity index (χ3v) is 4.53. The second kappa shape index (κ2) is 5.65. The Kier molecular flexibility index (Phi) is 4.19. The standard InChI is InChI=1S/C14H15BrS/c1-11-9-12(10-16-11)7-8-14(15)13-5-3-2-4-6-13/h2-6,9-10,14H,7-8H2,1H3. The highest BCUT2D eigenvalue weighted by Gasteiger charge is 2.07. The molecule has 1 aromatic carbocycles. The number of rotatable bonds is 4. The summed E-state index contributed by atoms with van der Waals surface area (Å²) in [5.74, 6) is 0. The van der Waals surface area contributed by atoms with Gasteiger partial charge in [0.25, 0.3) is 0 Å². The van der Waals surface area contributed by atoms with E-state index in [0.29, 0.717) is 4.83 Å². The van der Waals surface area contributed by atoms with E-state index in [0.717, 1.165) is 12.8 Å². The fourth-order valence-electron chi connectivity index (χ4n) is 1.75. The van der Waals surface area contributed by atoms with Gasteiger partial charge in [0, 0.05) is 9.70 Å². The largest absolute Gasteiger partial charge is 0.149 e. The molecule has 1 unspecified atom stereocenters. The Morgan fingerprint density at radius 2 is 2.00 bits per heavy atom. The molecule has 2 heteroatoms. The van der Waals surface area contributed by atoms with Crippen LogP contribution in [0.2, 0.25) is 0 Å². The molecule has 0 spiro atoms. The quantitative estimate of drug-likeness (QED) is 0.686. The fraction of sp³-hybridized carbons (Fsp3) is 0.286. The van der Waals surface area contributed by atoms with Gasteiger partial charge in [0.05, 0.1) is 0 Å². The van der Waals surface area contributed by atoms with Gasteiger partial charge >= 0.3 is 0 Å². The maximum atomic E-state index is 3.75. The molecule has 84 valence electrons. The van der Waals surface area contributed by atoms with Crippen molar-refractivity contribution in [1.29, 1.82) is 0 Å². The Balaban J connectivity index is 1.91. The van der Waals surface area contributed by atoms with Crippen molar-refractivity contribution in [2.24, 2.45) is 0 Å². The first-order valence-electron chi connectivity index (χ1n) is 5.49. The molecule has 0 N–H and O–H groups in total. The number of hydrogen-bond donors (Lipinski definition) is 0. The van der Waals surface area contributed by atoms with E-state index < -0.39 is 0 Å². The lowest BCUT2D eigenvalue weighted by Crippen LogP contribution is -1.92. The summed E-state index contributed by atoms with van der Waals surface area (Å²) in [7, 11) is 0. The number of hydrogen-bond acceptors (Lipinski definition) is 1. The molecule has 0 aliphatic heterocycles. The molecule has 0 nitrogen and oxygen atoms in total. The molecule has 0 aliphatic carbocycles. The summed E-state index contributed by atoms with van der Waals surface area (Å²) in [5.41, 5.74) is 2.83. The SMILES string of the molecule is Cc1cc(CCC(Br)c2ccccc2)cs1. The van der Waals surface area contributed by atoms with Crippen LogP contribution >= 0.6 is 27.3 Å². The third kappa shape index (κ3) is 3.19. The van der Waals surface area contributed by atoms with Crippen molar-refractivity contribution in [3.05, 3.63) is 57.8 Å². The van der Waals surface area contributed by atoms with E-state index in [-0.39, 0.29) is 0 Å². The predicted molar refractivity (Wildman–Crippen MR) is 75.5 cm³/mol. The maximum absolute atomic E-state index is 3.75. The smallest absolute Gasteiger partial charge is 0.0398 e. The molecule has 16 heavy (non-hydrogen) atoms. The van der Waals surface area contributed by atoms with E-state index in [1.165, 1.54) is 16.0 Å². The van der Waals surface area contributed by atoms with E-state index in [1.54, 1.807) is 0 Å². The van der Waals surface area contributed by atoms with Gasteiger partial charge in [-0.15, -0.1) is 11.3 Å². The van der Waals surface area contributed by atoms with Gasteiger partial charge in [-0.1, -0.05) is 46.3 Å². The van der Waals surface area contributed by atoms with Gasteiger partial charge in [0.2, 0.25) is 0 Å². The lowest BCUT2D eigenvalue weighted by atomic mass is 10.1. The third-order valence-electron chi connectivity index (χ3n) is 2.63. The van der Waals surface area contributed by atoms with Gasteiger partial charge < -0.3 is 0 Å². The lowest BCUT2D eigenvalue weighted by Gasteiger charge is -2.08. The molecule has 0 radical (unpaired) electrons. The second-order valence-electron chi connectivity index (χ2n) is 3.98. The van der Waals surface area contributed by atoms with Crippen LogP contribution in [0.15, 0.2) is 41.8 Å². The van der Waals surface area contributed by atoms with E-state index >= 15 is 0 Å². The van der Waals surface area contributed by atoms with Crippen molar-refractivity contribution in [1.82, 2.24) is 0 Å². The van der Waals surface area contributed by atoms with Crippen LogP contribution in [0.5, 0.6) is 0 Å². The molecule has 1 atom stereocenters. The number of benzene rings is 1. The van der Waals surface area contributed by atoms with Gasteiger partial charge in [0.15, 0.2) is 0 Å². The summed E-state index contributed by atoms with van der Waals surface area (Å²) in [4.78, 5) is 1.87. The van der Waals surface area contributed by atoms with Gasteiger partial charge in [-0.05, 0) is 42.3 Å². The Morgan fingerprint density at radius 3 is 2.62 bits per heavy atom. The second-order valence-corrected chi connectivity index (χ2v) is 6.20. The Morgan fingerprint density at radius 1 is 1.25 bits per heavy atom. The van der Waals surface area contributed by atoms with Crippen LogP contribution in [-0.4, -0.2) is 0 Å². The highest BCUT2D eigenvalue weighted by Crippen LogP contribution is 2.28. The normalized spacial score (nSPS) is 12.6. The number of alkyl halides is 1. The lowest BCUT2D eigenvalue weighted by molar-refractivity contribution is 0.815. The van der Waals surface area contributed by atoms with Gasteiger partial charge in [-0.2, -0.15) is 0 Å². The predicted octanol–water partition coefficient (Wildman–Crippen LogP) is 5.13. The van der Waals surface area contributed by atoms with Gasteiger partial charge in [-0.3, -0.25) is 0 Å². The minimum atomic E-state index is 0.467. The first kappa shape index (κ1) is 11.9. The van der Waals surface area contributed by atoms with E-state index in [1.807, 2.05) is 11.3 Å². The Labute approximate surface area is 109 Å². The van der Waals surface area contributed by atoms with Gasteiger partial charge in [-0.25, -0.2) is 0 Å². The number of halogens is 1. The molecule has 0 bridgehead atoms. The van der Waals surface area contributed by atoms with Crippen LogP contribution in [0.4, 0.5) is 0 Å². The van der Waals surface area contributed by atoms with Crippen molar-refractivity contribution >= 4 is 27.3 Å². The fourth-order valence-corrected chi connectivity index (χ4v) is 3.03. The van der Waals surface area contributed by atoms with Crippen LogP contribution in [-0.2, 0) is 6.42 Å². The van der Waals surface area contributed by atoms with Crippen molar-refractivity contribution in [2.45, 2.75) is 24.6 Å². The summed E-state index contributed by atoms with van der Waals surface area (Å²) >= 11 is 5.59. The maximum Gasteiger partial charge on any atom is 0.0398 e. The summed E-state index contributed by atoms with van der Waals surface area (Å²) in [5, 5.41) is 2.26. The number of aryl methyl sites for hydroxylation is 2. The van der Waals surface area contributed by atoms with Crippen LogP contribution in [0.3, 0.4) is 0 Å². The molecular formula is C14H15BrS. The van der Waals surface area contributed by atoms with Crippen LogP contribution in [0, 0.1) is 6.92 Å². The Bertz CT molecular complexity index is 433. The van der Waals surface area contributed by atoms with Crippen LogP contribution in [0.25, 0.3) is 0 Å². The first-order chi connectivity index (χ1) is 7.75. The molecule has 0 saturated carbocycles. The van der Waals surface area contributed by atoms with Crippen molar-refractivity contribution in [3.8, 4) is 0 Å². The summed E-state index contributed by atoms with van der Waals surface area (Å²) < 4.78 is 0. The molecular weight excluding hydrogens is 280 g/mol. The van der Waals surface area contributed by atoms with Gasteiger partial charge in [0.1, 0.15) is 0 Å². The molecule has 2 rings (SSSR count). The molecule has 1 heterocycles. The molecule has 1 aromatic heterocycles. The summed E-state index contributed by atoms with van der Waals surface area (Å²) in [6.45, 7) is 2.16. The highest BCUT2D eigenvalue weighted by atomic mass is 79.9. The summed E-state index contributed by atoms with van der Waals surface area (Å²) in [6, 6.07) is 12.9. The minimum absolute atomic E-state index is 0.467. The molecule has 2 aromatic rings. The average molecular weight is 295 g/mol. The molecule has 0 amide bonds. The summed E-state index contributed by atoms with van der Waals surface area (Å²) in [6.07, 6.45) is 2.30. The van der Waals surface area contributed by atoms with Crippen LogP contribution < -0.4 is 0 Å². The van der Waals surface area contributed by atoms with E-state index in [4.69, 9.17) is 0 Å². The topological polar surface area (TPSA) is 0 Å². The van der Waals surface area contributed by atoms with E-state index in [9.17, 15) is 0 Å². The van der Waals surface area contributed by atoms with Crippen molar-refractivity contribution < 1.29 is 0 Å². The highest BCUT2D eigenvalue weighted by molar-refractivity contribution is 9.09. The monoisotopic (exact) mass is 294 g/mol. The zero-order valence-corrected chi connectivity index (χ0v) is 11.7. The first-order valence-corrected chi connectivity index (χ1v) is 7.28. The average Bonchev–Trinajstić information content (AvgIpc) is 2.73. The molecule has 0 aliphatic rings. The van der Waals surface area contributed by atoms with Crippen molar-refractivity contribution in [2.75, 3.05) is 0 Å². The molecule has 0 saturated heterocycles. The zero-order valence-electron chi connectivity index (χ0n) is 9.32. The van der Waals surface area contributed by atoms with Crippen molar-refractivity contribution in [3.63, 3.8) is 0 Å². The Hall–Kier alpha value is -0.600. The molecule has 0 fully saturated rings. The van der Waals surface area contributed by atoms with Crippen LogP contribution in [0.1, 0.15) is 27.3 Å². The minimum Gasteiger partial charge on any atom is -0.149 e. The number of thiophene rings is 1.